The second kappa shape index (κ2) is 20.9. The highest BCUT2D eigenvalue weighted by Gasteiger charge is 2.64. The highest BCUT2D eigenvalue weighted by Crippen LogP contribution is 2.49. The molecule has 4 aliphatic heterocycles. The molecule has 0 spiro atoms. The lowest BCUT2D eigenvalue weighted by Gasteiger charge is -2.42. The number of nitrogens with one attached hydrogen (secondary N) is 1. The van der Waals surface area contributed by atoms with Gasteiger partial charge < -0.3 is 33.9 Å². The summed E-state index contributed by atoms with van der Waals surface area (Å²) in [6.07, 6.45) is 2.62. The molecule has 0 radical (unpaired) electrons. The van der Waals surface area contributed by atoms with Crippen molar-refractivity contribution in [1.29, 1.82) is 0 Å². The van der Waals surface area contributed by atoms with E-state index < -0.39 is 65.7 Å². The predicted molar refractivity (Wildman–Crippen MR) is 248 cm³/mol. The van der Waals surface area contributed by atoms with Crippen LogP contribution in [0.25, 0.3) is 0 Å². The summed E-state index contributed by atoms with van der Waals surface area (Å²) in [6, 6.07) is 2.78. The molecule has 9 atom stereocenters. The van der Waals surface area contributed by atoms with E-state index >= 15 is 0 Å². The normalized spacial score (nSPS) is 30.7. The molecule has 3 fully saturated rings. The summed E-state index contributed by atoms with van der Waals surface area (Å²) in [5.41, 5.74) is 0.0479. The zero-order valence-corrected chi connectivity index (χ0v) is 41.2. The van der Waals surface area contributed by atoms with Crippen LogP contribution >= 0.6 is 33.2 Å². The van der Waals surface area contributed by atoms with Crippen LogP contribution < -0.4 is 10.2 Å². The Hall–Kier alpha value is -3.61. The van der Waals surface area contributed by atoms with Gasteiger partial charge in [0.25, 0.3) is 0 Å². The number of imide groups is 1. The van der Waals surface area contributed by atoms with Crippen LogP contribution in [0.15, 0.2) is 35.9 Å². The maximum atomic E-state index is 14.3. The molecule has 5 amide bonds. The van der Waals surface area contributed by atoms with Crippen LogP contribution in [0.1, 0.15) is 98.1 Å². The number of halogens is 1. The van der Waals surface area contributed by atoms with Crippen molar-refractivity contribution in [2.75, 3.05) is 38.4 Å². The van der Waals surface area contributed by atoms with Gasteiger partial charge in [0.15, 0.2) is 5.72 Å². The van der Waals surface area contributed by atoms with E-state index in [1.807, 2.05) is 45.9 Å². The first kappa shape index (κ1) is 51.4. The molecule has 4 aliphatic rings. The van der Waals surface area contributed by atoms with Gasteiger partial charge >= 0.3 is 12.1 Å². The molecule has 0 saturated carbocycles. The quantitative estimate of drug-likeness (QED) is 0.0715. The molecular weight excluding hydrogens is 884 g/mol. The van der Waals surface area contributed by atoms with Gasteiger partial charge in [-0.3, -0.25) is 29.4 Å². The number of aliphatic hydroxyl groups is 1. The minimum Gasteiger partial charge on any atom is -0.457 e. The fourth-order valence-corrected chi connectivity index (χ4v) is 11.3. The number of fused-ring (bicyclic) bond motifs is 5. The summed E-state index contributed by atoms with van der Waals surface area (Å²) in [5.74, 6) is -1.71. The Morgan fingerprint density at radius 1 is 1.14 bits per heavy atom. The molecule has 5 rings (SSSR count). The molecule has 4 bridgehead atoms. The van der Waals surface area contributed by atoms with Crippen LogP contribution in [0.5, 0.6) is 0 Å². The van der Waals surface area contributed by atoms with E-state index in [1.165, 1.54) is 21.8 Å². The second-order valence-corrected chi connectivity index (χ2v) is 22.0. The Morgan fingerprint density at radius 3 is 2.50 bits per heavy atom. The summed E-state index contributed by atoms with van der Waals surface area (Å²) in [5, 5.41) is 14.7. The monoisotopic (exact) mass is 948 g/mol. The number of ether oxygens (including phenoxy) is 4. The van der Waals surface area contributed by atoms with Gasteiger partial charge in [-0.05, 0) is 78.0 Å². The van der Waals surface area contributed by atoms with E-state index in [2.05, 4.69) is 5.32 Å². The fraction of sp³-hybridized carbons (Fsp3) is 0.652. The van der Waals surface area contributed by atoms with E-state index in [1.54, 1.807) is 75.5 Å². The van der Waals surface area contributed by atoms with Crippen molar-refractivity contribution >= 4 is 74.6 Å². The molecule has 354 valence electrons. The minimum absolute atomic E-state index is 0.0580. The van der Waals surface area contributed by atoms with Crippen LogP contribution in [0.2, 0.25) is 5.02 Å². The van der Waals surface area contributed by atoms with Crippen molar-refractivity contribution in [1.82, 2.24) is 15.1 Å². The number of nitrogens with zero attached hydrogens (tertiary/aromatic N) is 3. The summed E-state index contributed by atoms with van der Waals surface area (Å²) in [7, 11) is 7.85. The summed E-state index contributed by atoms with van der Waals surface area (Å²) in [4.78, 5) is 83.3. The van der Waals surface area contributed by atoms with E-state index in [0.29, 0.717) is 36.5 Å². The molecule has 1 unspecified atom stereocenters. The van der Waals surface area contributed by atoms with Crippen molar-refractivity contribution in [2.45, 2.75) is 147 Å². The number of esters is 1. The molecule has 3 saturated heterocycles. The Labute approximate surface area is 390 Å². The van der Waals surface area contributed by atoms with Crippen molar-refractivity contribution in [3.05, 3.63) is 52.1 Å². The summed E-state index contributed by atoms with van der Waals surface area (Å²) < 4.78 is 23.6. The molecule has 18 heteroatoms. The Balaban J connectivity index is 1.31. The second-order valence-electron chi connectivity index (χ2n) is 18.5. The molecule has 1 aromatic rings. The number of likely N-dealkylation sites (tertiary alicyclic amines) is 1. The maximum absolute atomic E-state index is 14.3. The number of rotatable bonds is 13. The number of aryl methyl sites for hydroxylation is 1. The number of amides is 5. The first-order valence-corrected chi connectivity index (χ1v) is 24.5. The number of methoxy groups -OCH3 is 1. The fourth-order valence-electron chi connectivity index (χ4n) is 8.45. The van der Waals surface area contributed by atoms with Crippen LogP contribution in [-0.4, -0.2) is 131 Å². The lowest BCUT2D eigenvalue weighted by atomic mass is 9.83. The lowest BCUT2D eigenvalue weighted by molar-refractivity contribution is -0.162. The Kier molecular flexibility index (Phi) is 16.8. The highest BCUT2D eigenvalue weighted by molar-refractivity contribution is 8.77. The van der Waals surface area contributed by atoms with Gasteiger partial charge in [0, 0.05) is 69.3 Å². The number of hydrogen-bond donors (Lipinski definition) is 2. The molecule has 0 aliphatic carbocycles. The number of allylic oxidation sites excluding steroid dienone is 3. The number of anilines is 1. The van der Waals surface area contributed by atoms with Crippen LogP contribution in [0.4, 0.5) is 10.5 Å². The average molecular weight is 950 g/mol. The van der Waals surface area contributed by atoms with E-state index in [9.17, 15) is 33.9 Å². The van der Waals surface area contributed by atoms with E-state index in [-0.39, 0.29) is 54.1 Å². The SMILES string of the molecule is CO[C@@H]1/C=C/C=C(\C)Cc2cc(C)c(Cl)c(c2)N(C)C(=O)C[C@H](OC(=O)[C@H](C)N(C)C(=O)CCC(C)(C)SSCCCN2C(=O)CC(C)C2=O)[C@]2(C)O[C@H]2[C@H](C)[C@@H]2C[C@@]1(O)NC(=O)O2. The summed E-state index contributed by atoms with van der Waals surface area (Å²) in [6.45, 7) is 15.2. The Bertz CT molecular complexity index is 2030. The third-order valence-corrected chi connectivity index (χ3v) is 16.8. The van der Waals surface area contributed by atoms with Gasteiger partial charge in [0.2, 0.25) is 23.6 Å². The highest BCUT2D eigenvalue weighted by atomic mass is 35.5. The Morgan fingerprint density at radius 2 is 1.84 bits per heavy atom. The van der Waals surface area contributed by atoms with Gasteiger partial charge in [0.05, 0.1) is 23.2 Å². The number of likely N-dealkylation sites (N-methyl/N-ethyl adjacent to an activating group) is 1. The first-order chi connectivity index (χ1) is 29.9. The number of carbonyl (C=O) groups excluding carboxylic acids is 6. The molecule has 64 heavy (non-hydrogen) atoms. The molecule has 4 heterocycles. The summed E-state index contributed by atoms with van der Waals surface area (Å²) >= 11 is 6.82. The van der Waals surface area contributed by atoms with Gasteiger partial charge in [-0.1, -0.05) is 76.9 Å². The van der Waals surface area contributed by atoms with Crippen LogP contribution in [-0.2, 0) is 49.3 Å². The van der Waals surface area contributed by atoms with Gasteiger partial charge in [0.1, 0.15) is 30.0 Å². The topological polar surface area (TPSA) is 185 Å². The number of hydrogen-bond acceptors (Lipinski definition) is 13. The maximum Gasteiger partial charge on any atom is 0.409 e. The zero-order valence-electron chi connectivity index (χ0n) is 38.9. The van der Waals surface area contributed by atoms with Crippen molar-refractivity contribution in [2.24, 2.45) is 11.8 Å². The molecule has 15 nitrogen and oxygen atoms in total. The van der Waals surface area contributed by atoms with E-state index in [0.717, 1.165) is 22.5 Å². The predicted octanol–water partition coefficient (Wildman–Crippen LogP) is 6.54. The third kappa shape index (κ3) is 12.0. The zero-order chi connectivity index (χ0) is 47.5. The lowest BCUT2D eigenvalue weighted by Crippen LogP contribution is -2.63. The van der Waals surface area contributed by atoms with Gasteiger partial charge in [-0.2, -0.15) is 0 Å². The minimum atomic E-state index is -1.83. The molecule has 0 aromatic heterocycles. The van der Waals surface area contributed by atoms with Gasteiger partial charge in [-0.25, -0.2) is 9.59 Å². The van der Waals surface area contributed by atoms with Crippen molar-refractivity contribution in [3.8, 4) is 0 Å². The molecule has 1 aromatic carbocycles. The van der Waals surface area contributed by atoms with E-state index in [4.69, 9.17) is 30.5 Å². The molecular formula is C46H65ClN4O11S2. The standard InChI is InChI=1S/C46H65ClN4O11S2/c1-26-14-12-15-34(59-11)46(58)25-33(60-43(57)48-46)29(4)40-45(8,62-40)35(24-37(53)50(10)32-23-31(20-26)21-27(2)39(32)47)61-42(56)30(5)49(9)36(52)16-17-44(6,7)64-63-19-13-18-51-38(54)22-28(3)41(51)55/h12,14-15,21,23,28-30,33-35,40,58H,13,16-20,22,24-25H2,1-11H3,(H,48,57)/b15-12+,26-14+/t28?,29-,30+,33+,34-,35+,40+,45+,46+/m1/s1. The first-order valence-electron chi connectivity index (χ1n) is 21.8. The van der Waals surface area contributed by atoms with Crippen LogP contribution in [0.3, 0.4) is 0 Å². The average Bonchev–Trinajstić information content (AvgIpc) is 3.86. The number of benzene rings is 1. The van der Waals surface area contributed by atoms with Crippen molar-refractivity contribution in [3.63, 3.8) is 0 Å². The van der Waals surface area contributed by atoms with Crippen LogP contribution in [0, 0.1) is 18.8 Å². The number of alkyl carbamates (subject to hydrolysis) is 1. The third-order valence-electron chi connectivity index (χ3n) is 12.8. The largest absolute Gasteiger partial charge is 0.457 e. The number of carbonyl (C=O) groups is 6. The number of epoxide rings is 1. The van der Waals surface area contributed by atoms with Crippen molar-refractivity contribution < 1.29 is 52.8 Å². The molecule has 2 N–H and O–H groups in total. The van der Waals surface area contributed by atoms with Gasteiger partial charge in [-0.15, -0.1) is 0 Å². The smallest absolute Gasteiger partial charge is 0.409 e.